The molecule has 6 nitrogen and oxygen atoms in total. The summed E-state index contributed by atoms with van der Waals surface area (Å²) >= 11 is 0. The fraction of sp³-hybridized carbons (Fsp3) is 0.941. The molecule has 1 saturated heterocycles. The quantitative estimate of drug-likeness (QED) is 0.257. The Balaban J connectivity index is 2.41. The number of ether oxygens (including phenoxy) is 4. The van der Waals surface area contributed by atoms with Crippen LogP contribution in [0.5, 0.6) is 0 Å². The molecule has 1 aliphatic heterocycles. The molecule has 0 N–H and O–H groups in total. The fourth-order valence-electron chi connectivity index (χ4n) is 2.17. The monoisotopic (exact) mass is 362 g/mol. The van der Waals surface area contributed by atoms with Crippen LogP contribution in [0.15, 0.2) is 0 Å². The van der Waals surface area contributed by atoms with Crippen molar-refractivity contribution in [3.05, 3.63) is 0 Å². The topological polar surface area (TPSA) is 63.2 Å². The van der Waals surface area contributed by atoms with E-state index in [1.165, 1.54) is 0 Å². The van der Waals surface area contributed by atoms with Gasteiger partial charge in [0.2, 0.25) is 0 Å². The Hall–Kier alpha value is -0.473. The molecule has 0 saturated carbocycles. The van der Waals surface area contributed by atoms with E-state index in [1.54, 1.807) is 7.11 Å². The number of carbonyl (C=O) groups excluding carboxylic acids is 1. The van der Waals surface area contributed by atoms with Gasteiger partial charge >= 0.3 is 5.97 Å². The van der Waals surface area contributed by atoms with Gasteiger partial charge < -0.3 is 23.4 Å². The molecular weight excluding hydrogens is 328 g/mol. The summed E-state index contributed by atoms with van der Waals surface area (Å²) in [7, 11) is -0.160. The highest BCUT2D eigenvalue weighted by molar-refractivity contribution is 6.74. The largest absolute Gasteiger partial charge is 0.459 e. The second-order valence-corrected chi connectivity index (χ2v) is 12.5. The number of esters is 1. The zero-order valence-corrected chi connectivity index (χ0v) is 17.1. The first-order valence-electron chi connectivity index (χ1n) is 8.69. The molecule has 0 aromatic heterocycles. The minimum Gasteiger partial charge on any atom is -0.459 e. The molecule has 7 heteroatoms. The van der Waals surface area contributed by atoms with Gasteiger partial charge in [-0.1, -0.05) is 20.8 Å². The first kappa shape index (κ1) is 21.6. The smallest absolute Gasteiger partial charge is 0.306 e. The van der Waals surface area contributed by atoms with Crippen molar-refractivity contribution in [3.8, 4) is 0 Å². The lowest BCUT2D eigenvalue weighted by Crippen LogP contribution is -2.43. The maximum absolute atomic E-state index is 11.6. The summed E-state index contributed by atoms with van der Waals surface area (Å²) in [6.45, 7) is 12.9. The van der Waals surface area contributed by atoms with Crippen LogP contribution in [-0.4, -0.2) is 60.2 Å². The molecule has 0 amide bonds. The van der Waals surface area contributed by atoms with Crippen molar-refractivity contribution in [1.82, 2.24) is 0 Å². The number of cyclic esters (lactones) is 1. The summed E-state index contributed by atoms with van der Waals surface area (Å²) in [4.78, 5) is 11.6. The van der Waals surface area contributed by atoms with E-state index in [9.17, 15) is 4.79 Å². The van der Waals surface area contributed by atoms with E-state index < -0.39 is 8.32 Å². The highest BCUT2D eigenvalue weighted by atomic mass is 28.4. The molecule has 0 aliphatic carbocycles. The molecular formula is C17H34O6Si. The number of hydrogen-bond acceptors (Lipinski definition) is 6. The van der Waals surface area contributed by atoms with Crippen LogP contribution in [-0.2, 0) is 28.2 Å². The summed E-state index contributed by atoms with van der Waals surface area (Å²) in [6.07, 6.45) is 1.32. The van der Waals surface area contributed by atoms with Gasteiger partial charge in [0.15, 0.2) is 8.32 Å². The van der Waals surface area contributed by atoms with Crippen molar-refractivity contribution in [2.24, 2.45) is 0 Å². The molecule has 1 rings (SSSR count). The SMILES string of the molecule is COCCOCO[C@@H]1CCC(=O)O[C@@H]1CCO[Si](C)(C)C(C)(C)C. The van der Waals surface area contributed by atoms with Gasteiger partial charge in [-0.3, -0.25) is 4.79 Å². The van der Waals surface area contributed by atoms with E-state index in [1.807, 2.05) is 0 Å². The average Bonchev–Trinajstić information content (AvgIpc) is 2.47. The van der Waals surface area contributed by atoms with E-state index in [0.717, 1.165) is 0 Å². The van der Waals surface area contributed by atoms with Crippen molar-refractivity contribution >= 4 is 14.3 Å². The lowest BCUT2D eigenvalue weighted by atomic mass is 10.0. The molecule has 1 fully saturated rings. The average molecular weight is 363 g/mol. The van der Waals surface area contributed by atoms with E-state index in [-0.39, 0.29) is 30.0 Å². The summed E-state index contributed by atoms with van der Waals surface area (Å²) in [6, 6.07) is 0. The van der Waals surface area contributed by atoms with Gasteiger partial charge in [0.25, 0.3) is 0 Å². The Morgan fingerprint density at radius 3 is 2.54 bits per heavy atom. The van der Waals surface area contributed by atoms with Crippen molar-refractivity contribution in [1.29, 1.82) is 0 Å². The molecule has 0 aromatic rings. The van der Waals surface area contributed by atoms with Crippen LogP contribution >= 0.6 is 0 Å². The maximum Gasteiger partial charge on any atom is 0.306 e. The third-order valence-electron chi connectivity index (χ3n) is 4.80. The summed E-state index contributed by atoms with van der Waals surface area (Å²) < 4.78 is 27.7. The fourth-order valence-corrected chi connectivity index (χ4v) is 3.23. The predicted molar refractivity (Wildman–Crippen MR) is 94.4 cm³/mol. The number of hydrogen-bond donors (Lipinski definition) is 0. The molecule has 0 spiro atoms. The summed E-state index contributed by atoms with van der Waals surface area (Å²) in [5, 5.41) is 0.168. The molecule has 24 heavy (non-hydrogen) atoms. The number of rotatable bonds is 10. The Kier molecular flexibility index (Phi) is 8.87. The van der Waals surface area contributed by atoms with Crippen molar-refractivity contribution < 1.29 is 28.2 Å². The third kappa shape index (κ3) is 7.19. The minimum absolute atomic E-state index is 0.131. The van der Waals surface area contributed by atoms with Gasteiger partial charge in [0.05, 0.1) is 19.3 Å². The lowest BCUT2D eigenvalue weighted by Gasteiger charge is -2.37. The van der Waals surface area contributed by atoms with Gasteiger partial charge in [0.1, 0.15) is 12.9 Å². The maximum atomic E-state index is 11.6. The Bertz CT molecular complexity index is 380. The van der Waals surface area contributed by atoms with Crippen LogP contribution in [0.25, 0.3) is 0 Å². The van der Waals surface area contributed by atoms with Crippen molar-refractivity contribution in [3.63, 3.8) is 0 Å². The van der Waals surface area contributed by atoms with Gasteiger partial charge in [-0.15, -0.1) is 0 Å². The molecule has 142 valence electrons. The van der Waals surface area contributed by atoms with Crippen molar-refractivity contribution in [2.75, 3.05) is 33.7 Å². The van der Waals surface area contributed by atoms with E-state index in [0.29, 0.717) is 39.1 Å². The van der Waals surface area contributed by atoms with Crippen LogP contribution < -0.4 is 0 Å². The highest BCUT2D eigenvalue weighted by Gasteiger charge is 2.38. The first-order chi connectivity index (χ1) is 11.2. The molecule has 1 heterocycles. The first-order valence-corrected chi connectivity index (χ1v) is 11.6. The van der Waals surface area contributed by atoms with Gasteiger partial charge in [-0.2, -0.15) is 0 Å². The Labute approximate surface area is 147 Å². The lowest BCUT2D eigenvalue weighted by molar-refractivity contribution is -0.183. The number of methoxy groups -OCH3 is 1. The van der Waals surface area contributed by atoms with E-state index in [2.05, 4.69) is 33.9 Å². The normalized spacial score (nSPS) is 22.5. The molecule has 0 aromatic carbocycles. The summed E-state index contributed by atoms with van der Waals surface area (Å²) in [5.74, 6) is -0.160. The van der Waals surface area contributed by atoms with Crippen LogP contribution in [0.3, 0.4) is 0 Å². The Morgan fingerprint density at radius 1 is 1.21 bits per heavy atom. The molecule has 1 aliphatic rings. The zero-order valence-electron chi connectivity index (χ0n) is 16.1. The molecule has 0 radical (unpaired) electrons. The Morgan fingerprint density at radius 2 is 1.92 bits per heavy atom. The third-order valence-corrected chi connectivity index (χ3v) is 9.34. The van der Waals surface area contributed by atoms with E-state index in [4.69, 9.17) is 23.4 Å². The van der Waals surface area contributed by atoms with Crippen molar-refractivity contribution in [2.45, 2.75) is 70.4 Å². The zero-order chi connectivity index (χ0) is 18.2. The van der Waals surface area contributed by atoms with Crippen LogP contribution in [0.1, 0.15) is 40.0 Å². The van der Waals surface area contributed by atoms with Gasteiger partial charge in [0, 0.05) is 26.6 Å². The predicted octanol–water partition coefficient (Wildman–Crippen LogP) is 3.11. The second-order valence-electron chi connectivity index (χ2n) is 7.69. The van der Waals surface area contributed by atoms with Crippen LogP contribution in [0.4, 0.5) is 0 Å². The molecule has 2 atom stereocenters. The minimum atomic E-state index is -1.79. The standard InChI is InChI=1S/C17H34O6Si/c1-17(2,3)24(5,6)22-10-9-15-14(7-8-16(18)23-15)21-13-20-12-11-19-4/h14-15H,7-13H2,1-6H3/t14-,15-/m1/s1. The van der Waals surface area contributed by atoms with Crippen LogP contribution in [0, 0.1) is 0 Å². The summed E-state index contributed by atoms with van der Waals surface area (Å²) in [5.41, 5.74) is 0. The van der Waals surface area contributed by atoms with Gasteiger partial charge in [-0.25, -0.2) is 0 Å². The second kappa shape index (κ2) is 9.87. The molecule has 0 unspecified atom stereocenters. The number of carbonyl (C=O) groups is 1. The van der Waals surface area contributed by atoms with Crippen LogP contribution in [0.2, 0.25) is 18.1 Å². The molecule has 0 bridgehead atoms. The highest BCUT2D eigenvalue weighted by Crippen LogP contribution is 2.36. The van der Waals surface area contributed by atoms with E-state index >= 15 is 0 Å². The van der Waals surface area contributed by atoms with Gasteiger partial charge in [-0.05, 0) is 24.6 Å².